The first-order valence-electron chi connectivity index (χ1n) is 9.71. The van der Waals surface area contributed by atoms with Crippen LogP contribution in [-0.2, 0) is 20.2 Å². The number of aliphatic hydroxyl groups is 1. The van der Waals surface area contributed by atoms with Gasteiger partial charge in [0, 0.05) is 25.1 Å². The minimum Gasteiger partial charge on any atom is -0.480 e. The van der Waals surface area contributed by atoms with Crippen LogP contribution in [0, 0.1) is 0 Å². The minimum atomic E-state index is -3.43. The molecule has 0 spiro atoms. The van der Waals surface area contributed by atoms with Crippen molar-refractivity contribution in [1.82, 2.24) is 4.90 Å². The van der Waals surface area contributed by atoms with Crippen molar-refractivity contribution < 1.29 is 33.3 Å². The molecular formula is C21H27F2NO5. The molecule has 1 amide bonds. The number of unbranched alkanes of at least 4 members (excludes halogenated alkanes) is 1. The fraction of sp³-hybridized carbons (Fsp3) is 0.524. The number of carboxylic acids is 1. The Balaban J connectivity index is 1.92. The van der Waals surface area contributed by atoms with Crippen LogP contribution < -0.4 is 0 Å². The maximum Gasteiger partial charge on any atom is 0.329 e. The van der Waals surface area contributed by atoms with Crippen LogP contribution in [0.4, 0.5) is 8.78 Å². The maximum atomic E-state index is 14.4. The monoisotopic (exact) mass is 411 g/mol. The van der Waals surface area contributed by atoms with Gasteiger partial charge in [0.05, 0.1) is 6.04 Å². The summed E-state index contributed by atoms with van der Waals surface area (Å²) < 4.78 is 33.8. The lowest BCUT2D eigenvalue weighted by Gasteiger charge is -2.34. The predicted molar refractivity (Wildman–Crippen MR) is 103 cm³/mol. The first-order valence-corrected chi connectivity index (χ1v) is 9.71. The number of carboxylic acid groups (broad SMARTS) is 1. The molecule has 1 aliphatic rings. The molecule has 8 heteroatoms. The number of ether oxygens (including phenoxy) is 1. The van der Waals surface area contributed by atoms with Gasteiger partial charge in [-0.25, -0.2) is 4.79 Å². The summed E-state index contributed by atoms with van der Waals surface area (Å²) in [5.41, 5.74) is -0.268. The summed E-state index contributed by atoms with van der Waals surface area (Å²) in [7, 11) is 0. The van der Waals surface area contributed by atoms with Crippen molar-refractivity contribution in [3.8, 4) is 0 Å². The number of amides is 1. The lowest BCUT2D eigenvalue weighted by atomic mass is 9.98. The molecule has 2 rings (SSSR count). The van der Waals surface area contributed by atoms with Crippen molar-refractivity contribution in [2.45, 2.75) is 50.2 Å². The number of aliphatic carboxylic acids is 1. The zero-order chi connectivity index (χ0) is 21.3. The van der Waals surface area contributed by atoms with E-state index in [1.165, 1.54) is 30.3 Å². The molecule has 0 aromatic heterocycles. The average Bonchev–Trinajstić information content (AvgIpc) is 2.70. The van der Waals surface area contributed by atoms with Crippen molar-refractivity contribution in [3.05, 3.63) is 48.0 Å². The van der Waals surface area contributed by atoms with E-state index < -0.39 is 18.0 Å². The number of halogens is 2. The second-order valence-electron chi connectivity index (χ2n) is 7.02. The molecule has 1 aromatic rings. The number of aliphatic hydroxyl groups excluding tert-OH is 1. The fourth-order valence-corrected chi connectivity index (χ4v) is 3.27. The third-order valence-corrected chi connectivity index (χ3v) is 4.82. The van der Waals surface area contributed by atoms with E-state index in [0.29, 0.717) is 38.6 Å². The number of carbonyl (C=O) groups excluding carboxylic acids is 1. The number of hydrogen-bond donors (Lipinski definition) is 2. The normalized spacial score (nSPS) is 18.9. The first-order chi connectivity index (χ1) is 13.8. The molecule has 2 N–H and O–H groups in total. The van der Waals surface area contributed by atoms with Crippen molar-refractivity contribution in [2.75, 3.05) is 19.8 Å². The molecule has 1 fully saturated rings. The van der Waals surface area contributed by atoms with Gasteiger partial charge in [-0.3, -0.25) is 4.79 Å². The topological polar surface area (TPSA) is 87.1 Å². The zero-order valence-corrected chi connectivity index (χ0v) is 16.2. The van der Waals surface area contributed by atoms with Crippen molar-refractivity contribution in [3.63, 3.8) is 0 Å². The Morgan fingerprint density at radius 2 is 2.03 bits per heavy atom. The molecule has 1 heterocycles. The Labute approximate surface area is 168 Å². The summed E-state index contributed by atoms with van der Waals surface area (Å²) in [5.74, 6) is -4.52. The zero-order valence-electron chi connectivity index (χ0n) is 16.2. The highest BCUT2D eigenvalue weighted by atomic mass is 19.3. The highest BCUT2D eigenvalue weighted by molar-refractivity contribution is 5.77. The second-order valence-corrected chi connectivity index (χ2v) is 7.02. The van der Waals surface area contributed by atoms with Gasteiger partial charge in [0.15, 0.2) is 0 Å². The van der Waals surface area contributed by atoms with Gasteiger partial charge < -0.3 is 19.8 Å². The quantitative estimate of drug-likeness (QED) is 0.432. The summed E-state index contributed by atoms with van der Waals surface area (Å²) in [6, 6.07) is 6.78. The Bertz CT molecular complexity index is 696. The number of benzene rings is 1. The second kappa shape index (κ2) is 11.0. The number of likely N-dealkylation sites (tertiary alicyclic amines) is 1. The Morgan fingerprint density at radius 1 is 1.31 bits per heavy atom. The number of alkyl halides is 2. The molecular weight excluding hydrogens is 384 g/mol. The molecule has 0 saturated carbocycles. The van der Waals surface area contributed by atoms with Crippen LogP contribution in [0.5, 0.6) is 0 Å². The van der Waals surface area contributed by atoms with E-state index in [2.05, 4.69) is 0 Å². The van der Waals surface area contributed by atoms with Crippen LogP contribution >= 0.6 is 0 Å². The summed E-state index contributed by atoms with van der Waals surface area (Å²) in [4.78, 5) is 24.3. The lowest BCUT2D eigenvalue weighted by molar-refractivity contribution is -0.142. The standard InChI is InChI=1S/C21H27F2NO5/c22-21(23,16-7-2-1-3-8-16)18(25)12-11-17-9-6-10-19(26)24(17)13-4-5-14-29-15-20(27)28/h1-3,7-8,11-12,17-18,25H,4-6,9-10,13-15H2,(H,27,28)/t17-,18-/m1/s1. The van der Waals surface area contributed by atoms with Gasteiger partial charge in [-0.05, 0) is 25.7 Å². The number of rotatable bonds is 11. The summed E-state index contributed by atoms with van der Waals surface area (Å²) >= 11 is 0. The van der Waals surface area contributed by atoms with Crippen LogP contribution in [0.1, 0.15) is 37.7 Å². The fourth-order valence-electron chi connectivity index (χ4n) is 3.27. The lowest BCUT2D eigenvalue weighted by Crippen LogP contribution is -2.43. The predicted octanol–water partition coefficient (Wildman–Crippen LogP) is 2.96. The third kappa shape index (κ3) is 6.90. The molecule has 6 nitrogen and oxygen atoms in total. The molecule has 0 radical (unpaired) electrons. The molecule has 1 aromatic carbocycles. The van der Waals surface area contributed by atoms with Crippen LogP contribution in [0.3, 0.4) is 0 Å². The molecule has 160 valence electrons. The van der Waals surface area contributed by atoms with Gasteiger partial charge >= 0.3 is 11.9 Å². The van der Waals surface area contributed by atoms with E-state index >= 15 is 0 Å². The van der Waals surface area contributed by atoms with Gasteiger partial charge in [-0.15, -0.1) is 0 Å². The first kappa shape index (κ1) is 23.0. The number of carbonyl (C=O) groups is 2. The largest absolute Gasteiger partial charge is 0.480 e. The molecule has 0 bridgehead atoms. The van der Waals surface area contributed by atoms with E-state index in [1.807, 2.05) is 0 Å². The Morgan fingerprint density at radius 3 is 2.72 bits per heavy atom. The van der Waals surface area contributed by atoms with Gasteiger partial charge in [0.25, 0.3) is 0 Å². The molecule has 1 aliphatic heterocycles. The molecule has 2 atom stereocenters. The molecule has 1 saturated heterocycles. The Hall–Kier alpha value is -2.32. The van der Waals surface area contributed by atoms with Crippen LogP contribution in [0.2, 0.25) is 0 Å². The van der Waals surface area contributed by atoms with Crippen LogP contribution in [0.25, 0.3) is 0 Å². The van der Waals surface area contributed by atoms with E-state index in [-0.39, 0.29) is 30.7 Å². The van der Waals surface area contributed by atoms with E-state index in [1.54, 1.807) is 11.0 Å². The summed E-state index contributed by atoms with van der Waals surface area (Å²) in [6.45, 7) is 0.341. The van der Waals surface area contributed by atoms with Gasteiger partial charge in [-0.2, -0.15) is 8.78 Å². The highest BCUT2D eigenvalue weighted by Crippen LogP contribution is 2.32. The minimum absolute atomic E-state index is 0.0540. The van der Waals surface area contributed by atoms with Crippen molar-refractivity contribution in [2.24, 2.45) is 0 Å². The van der Waals surface area contributed by atoms with E-state index in [9.17, 15) is 23.5 Å². The van der Waals surface area contributed by atoms with Crippen LogP contribution in [0.15, 0.2) is 42.5 Å². The van der Waals surface area contributed by atoms with Crippen LogP contribution in [-0.4, -0.2) is 58.9 Å². The summed E-state index contributed by atoms with van der Waals surface area (Å²) in [6.07, 6.45) is 3.47. The number of nitrogens with zero attached hydrogens (tertiary/aromatic N) is 1. The molecule has 29 heavy (non-hydrogen) atoms. The highest BCUT2D eigenvalue weighted by Gasteiger charge is 2.39. The van der Waals surface area contributed by atoms with Crippen molar-refractivity contribution >= 4 is 11.9 Å². The average molecular weight is 411 g/mol. The third-order valence-electron chi connectivity index (χ3n) is 4.82. The molecule has 0 aliphatic carbocycles. The number of hydrogen-bond acceptors (Lipinski definition) is 4. The van der Waals surface area contributed by atoms with Crippen molar-refractivity contribution in [1.29, 1.82) is 0 Å². The Kier molecular flexibility index (Phi) is 8.72. The summed E-state index contributed by atoms with van der Waals surface area (Å²) in [5, 5.41) is 18.5. The van der Waals surface area contributed by atoms with E-state index in [0.717, 1.165) is 6.08 Å². The SMILES string of the molecule is O=C(O)COCCCCN1C(=O)CCC[C@@H]1C=C[C@@H](O)C(F)(F)c1ccccc1. The van der Waals surface area contributed by atoms with E-state index in [4.69, 9.17) is 9.84 Å². The van der Waals surface area contributed by atoms with Gasteiger partial charge in [0.2, 0.25) is 5.91 Å². The molecule has 0 unspecified atom stereocenters. The maximum absolute atomic E-state index is 14.4. The van der Waals surface area contributed by atoms with Gasteiger partial charge in [-0.1, -0.05) is 42.5 Å². The smallest absolute Gasteiger partial charge is 0.329 e. The van der Waals surface area contributed by atoms with Gasteiger partial charge in [0.1, 0.15) is 12.7 Å². The number of piperidine rings is 1.